The first-order valence-electron chi connectivity index (χ1n) is 14.9. The average molecular weight is 586 g/mol. The SMILES string of the molecule is CCCCCCN(CCCCCC)c1ccc(C(=O)[C@]2(CCO)C=CC=C[C@]2(C(=O)O)[C@H]2OC(=O)C(O)C2=O)c(O)c1. The van der Waals surface area contributed by atoms with E-state index in [1.165, 1.54) is 30.4 Å². The molecule has 1 heterocycles. The van der Waals surface area contributed by atoms with Crippen LogP contribution < -0.4 is 4.90 Å². The van der Waals surface area contributed by atoms with Crippen molar-refractivity contribution in [1.82, 2.24) is 0 Å². The third-order valence-electron chi connectivity index (χ3n) is 8.41. The standard InChI is InChI=1S/C32H43NO9/c1-3-5-7-11-18-33(19-12-8-6-4-2)22-13-14-23(24(35)21-22)27(38)31(17-20-34)15-9-10-16-32(31,30(40)41)28-25(36)26(37)29(39)42-28/h9-10,13-16,21,26,28,34-35,37H,3-8,11-12,17-20H2,1-2H3,(H,40,41)/t26?,28-,31+,32+/m0/s1. The first-order valence-corrected chi connectivity index (χ1v) is 14.9. The average Bonchev–Trinajstić information content (AvgIpc) is 3.23. The van der Waals surface area contributed by atoms with Crippen LogP contribution in [-0.4, -0.2) is 75.8 Å². The molecule has 0 bridgehead atoms. The van der Waals surface area contributed by atoms with E-state index < -0.39 is 59.6 Å². The summed E-state index contributed by atoms with van der Waals surface area (Å²) in [7, 11) is 0. The van der Waals surface area contributed by atoms with Crippen LogP contribution >= 0.6 is 0 Å². The van der Waals surface area contributed by atoms with Gasteiger partial charge in [0.25, 0.3) is 0 Å². The molecule has 4 N–H and O–H groups in total. The minimum atomic E-state index is -2.48. The van der Waals surface area contributed by atoms with Crippen molar-refractivity contribution in [3.8, 4) is 5.75 Å². The number of ketones is 2. The number of hydrogen-bond donors (Lipinski definition) is 4. The Hall–Kier alpha value is -3.50. The third-order valence-corrected chi connectivity index (χ3v) is 8.41. The molecule has 0 saturated carbocycles. The van der Waals surface area contributed by atoms with E-state index in [-0.39, 0.29) is 11.3 Å². The lowest BCUT2D eigenvalue weighted by Crippen LogP contribution is -2.60. The van der Waals surface area contributed by atoms with Crippen molar-refractivity contribution in [2.24, 2.45) is 10.8 Å². The molecule has 1 saturated heterocycles. The zero-order chi connectivity index (χ0) is 30.9. The lowest BCUT2D eigenvalue weighted by Gasteiger charge is -2.46. The molecule has 2 aliphatic rings. The summed E-state index contributed by atoms with van der Waals surface area (Å²) >= 11 is 0. The Morgan fingerprint density at radius 2 is 1.57 bits per heavy atom. The molecule has 0 radical (unpaired) electrons. The highest BCUT2D eigenvalue weighted by Gasteiger charge is 2.68. The predicted molar refractivity (Wildman–Crippen MR) is 156 cm³/mol. The maximum absolute atomic E-state index is 14.3. The van der Waals surface area contributed by atoms with Crippen molar-refractivity contribution < 1.29 is 44.3 Å². The highest BCUT2D eigenvalue weighted by molar-refractivity contribution is 6.14. The largest absolute Gasteiger partial charge is 0.507 e. The normalized spacial score (nSPS) is 25.0. The van der Waals surface area contributed by atoms with Crippen molar-refractivity contribution in [3.63, 3.8) is 0 Å². The van der Waals surface area contributed by atoms with Gasteiger partial charge < -0.3 is 30.1 Å². The van der Waals surface area contributed by atoms with Crippen molar-refractivity contribution in [2.75, 3.05) is 24.6 Å². The number of aromatic hydroxyl groups is 1. The van der Waals surface area contributed by atoms with Crippen LogP contribution in [0.1, 0.15) is 82.0 Å². The van der Waals surface area contributed by atoms with Gasteiger partial charge in [0.1, 0.15) is 11.2 Å². The van der Waals surface area contributed by atoms with Gasteiger partial charge in [-0.15, -0.1) is 0 Å². The molecule has 1 aromatic rings. The van der Waals surface area contributed by atoms with Crippen LogP contribution in [0, 0.1) is 10.8 Å². The van der Waals surface area contributed by atoms with E-state index >= 15 is 0 Å². The number of aliphatic hydroxyl groups is 2. The van der Waals surface area contributed by atoms with Gasteiger partial charge in [-0.25, -0.2) is 4.79 Å². The van der Waals surface area contributed by atoms with Gasteiger partial charge in [0.05, 0.1) is 11.0 Å². The monoisotopic (exact) mass is 585 g/mol. The fourth-order valence-electron chi connectivity index (χ4n) is 6.05. The fraction of sp³-hybridized carbons (Fsp3) is 0.562. The first kappa shape index (κ1) is 33.0. The number of Topliss-reactive ketones (excluding diaryl/α,β-unsaturated/α-hetero) is 2. The van der Waals surface area contributed by atoms with Crippen LogP contribution in [0.4, 0.5) is 5.69 Å². The molecule has 1 aromatic carbocycles. The van der Waals surface area contributed by atoms with Crippen LogP contribution in [0.25, 0.3) is 0 Å². The molecular formula is C32H43NO9. The molecule has 10 heteroatoms. The van der Waals surface area contributed by atoms with Crippen LogP contribution in [0.15, 0.2) is 42.5 Å². The van der Waals surface area contributed by atoms with Crippen molar-refractivity contribution in [3.05, 3.63) is 48.1 Å². The maximum atomic E-state index is 14.3. The van der Waals surface area contributed by atoms with Crippen molar-refractivity contribution in [2.45, 2.75) is 83.8 Å². The molecule has 230 valence electrons. The number of carboxylic acids is 1. The molecule has 1 aliphatic carbocycles. The summed E-state index contributed by atoms with van der Waals surface area (Å²) in [6.07, 6.45) is 8.92. The van der Waals surface area contributed by atoms with Crippen LogP contribution in [-0.2, 0) is 19.1 Å². The fourth-order valence-corrected chi connectivity index (χ4v) is 6.05. The van der Waals surface area contributed by atoms with Gasteiger partial charge in [0.15, 0.2) is 11.9 Å². The number of allylic oxidation sites excluding steroid dienone is 3. The van der Waals surface area contributed by atoms with Crippen molar-refractivity contribution >= 4 is 29.2 Å². The number of hydrogen-bond acceptors (Lipinski definition) is 9. The van der Waals surface area contributed by atoms with Gasteiger partial charge in [0.2, 0.25) is 11.9 Å². The summed E-state index contributed by atoms with van der Waals surface area (Å²) in [4.78, 5) is 54.4. The van der Waals surface area contributed by atoms with E-state index in [9.17, 15) is 39.6 Å². The van der Waals surface area contributed by atoms with E-state index in [1.54, 1.807) is 6.07 Å². The minimum Gasteiger partial charge on any atom is -0.507 e. The second-order valence-electron chi connectivity index (χ2n) is 11.1. The number of cyclic esters (lactones) is 1. The molecule has 1 fully saturated rings. The molecule has 0 amide bonds. The van der Waals surface area contributed by atoms with Gasteiger partial charge in [-0.1, -0.05) is 76.7 Å². The lowest BCUT2D eigenvalue weighted by atomic mass is 9.53. The van der Waals surface area contributed by atoms with Crippen LogP contribution in [0.5, 0.6) is 5.75 Å². The topological polar surface area (TPSA) is 162 Å². The Labute approximate surface area is 246 Å². The number of benzene rings is 1. The molecular weight excluding hydrogens is 542 g/mol. The quantitative estimate of drug-likeness (QED) is 0.0911. The van der Waals surface area contributed by atoms with Crippen molar-refractivity contribution in [1.29, 1.82) is 0 Å². The van der Waals surface area contributed by atoms with Gasteiger partial charge in [0, 0.05) is 31.5 Å². The zero-order valence-electron chi connectivity index (χ0n) is 24.5. The number of aliphatic carboxylic acids is 1. The van der Waals surface area contributed by atoms with Gasteiger partial charge in [-0.05, 0) is 31.4 Å². The maximum Gasteiger partial charge on any atom is 0.343 e. The smallest absolute Gasteiger partial charge is 0.343 e. The second-order valence-corrected chi connectivity index (χ2v) is 11.1. The summed E-state index contributed by atoms with van der Waals surface area (Å²) in [5, 5.41) is 41.7. The lowest BCUT2D eigenvalue weighted by molar-refractivity contribution is -0.168. The number of ether oxygens (including phenoxy) is 1. The molecule has 0 aromatic heterocycles. The number of carboxylic acid groups (broad SMARTS) is 1. The van der Waals surface area contributed by atoms with Crippen LogP contribution in [0.2, 0.25) is 0 Å². The summed E-state index contributed by atoms with van der Waals surface area (Å²) in [6, 6.07) is 4.61. The van der Waals surface area contributed by atoms with E-state index in [0.29, 0.717) is 0 Å². The zero-order valence-corrected chi connectivity index (χ0v) is 24.5. The van der Waals surface area contributed by atoms with E-state index in [2.05, 4.69) is 18.7 Å². The summed E-state index contributed by atoms with van der Waals surface area (Å²) in [5.74, 6) is -5.42. The Morgan fingerprint density at radius 3 is 2.07 bits per heavy atom. The predicted octanol–water partition coefficient (Wildman–Crippen LogP) is 3.96. The third kappa shape index (κ3) is 6.29. The Bertz CT molecular complexity index is 1200. The molecule has 4 atom stereocenters. The molecule has 1 aliphatic heterocycles. The Morgan fingerprint density at radius 1 is 0.952 bits per heavy atom. The van der Waals surface area contributed by atoms with Gasteiger partial charge >= 0.3 is 11.9 Å². The number of aliphatic hydroxyl groups excluding tert-OH is 2. The van der Waals surface area contributed by atoms with E-state index in [4.69, 9.17) is 4.74 Å². The number of phenolic OH excluding ortho intramolecular Hbond substituents is 1. The highest BCUT2D eigenvalue weighted by Crippen LogP contribution is 2.54. The highest BCUT2D eigenvalue weighted by atomic mass is 16.6. The number of carbonyl (C=O) groups excluding carboxylic acids is 3. The van der Waals surface area contributed by atoms with E-state index in [0.717, 1.165) is 76.2 Å². The number of phenols is 1. The summed E-state index contributed by atoms with van der Waals surface area (Å²) in [5.41, 5.74) is -4.10. The minimum absolute atomic E-state index is 0.202. The molecule has 10 nitrogen and oxygen atoms in total. The Balaban J connectivity index is 2.04. The molecule has 1 unspecified atom stereocenters. The summed E-state index contributed by atoms with van der Waals surface area (Å²) in [6.45, 7) is 5.19. The number of nitrogens with zero attached hydrogens (tertiary/aromatic N) is 1. The molecule has 3 rings (SSSR count). The number of rotatable bonds is 17. The molecule has 0 spiro atoms. The number of esters is 1. The number of anilines is 1. The van der Waals surface area contributed by atoms with Gasteiger partial charge in [-0.2, -0.15) is 0 Å². The second kappa shape index (κ2) is 14.6. The van der Waals surface area contributed by atoms with Gasteiger partial charge in [-0.3, -0.25) is 14.4 Å². The Kier molecular flexibility index (Phi) is 11.5. The molecule has 42 heavy (non-hydrogen) atoms. The number of carbonyl (C=O) groups is 4. The first-order chi connectivity index (χ1) is 20.1. The van der Waals surface area contributed by atoms with E-state index in [1.807, 2.05) is 0 Å². The number of unbranched alkanes of at least 4 members (excludes halogenated alkanes) is 6. The van der Waals surface area contributed by atoms with Crippen LogP contribution in [0.3, 0.4) is 0 Å². The summed E-state index contributed by atoms with van der Waals surface area (Å²) < 4.78 is 5.06.